The zero-order valence-electron chi connectivity index (χ0n) is 13.0. The Kier molecular flexibility index (Phi) is 3.57. The lowest BCUT2D eigenvalue weighted by molar-refractivity contribution is 0.173. The smallest absolute Gasteiger partial charge is 0.231 e. The number of hydrogen-bond acceptors (Lipinski definition) is 7. The number of imidazole rings is 1. The number of nitrogens with zero attached hydrogens (tertiary/aromatic N) is 3. The normalized spacial score (nSPS) is 14.1. The number of pyridine rings is 2. The molecule has 0 saturated carbocycles. The molecule has 24 heavy (non-hydrogen) atoms. The molecule has 0 saturated heterocycles. The van der Waals surface area contributed by atoms with E-state index in [0.717, 1.165) is 5.56 Å². The van der Waals surface area contributed by atoms with E-state index < -0.39 is 10.8 Å². The number of ether oxygens (including phenoxy) is 3. The van der Waals surface area contributed by atoms with Crippen molar-refractivity contribution in [3.05, 3.63) is 29.6 Å². The van der Waals surface area contributed by atoms with Crippen molar-refractivity contribution in [2.24, 2.45) is 0 Å². The van der Waals surface area contributed by atoms with Crippen LogP contribution in [0.2, 0.25) is 0 Å². The van der Waals surface area contributed by atoms with Crippen LogP contribution in [0.5, 0.6) is 17.4 Å². The standard InChI is InChI=1S/C15H14N4O4S/c1-8-5-16-10(13-12(8)22-7-23-13)6-24(20)15-17-9-3-4-11(21-2)18-14(9)19-15/h3-5H,6-7H2,1-2H3,(H,17,18,19). The average Bonchev–Trinajstić information content (AvgIpc) is 3.23. The highest BCUT2D eigenvalue weighted by atomic mass is 32.2. The molecule has 1 unspecified atom stereocenters. The summed E-state index contributed by atoms with van der Waals surface area (Å²) in [4.78, 5) is 15.8. The molecule has 9 heteroatoms. The topological polar surface area (TPSA) is 99.2 Å². The lowest BCUT2D eigenvalue weighted by Crippen LogP contribution is -2.02. The van der Waals surface area contributed by atoms with E-state index in [2.05, 4.69) is 19.9 Å². The van der Waals surface area contributed by atoms with E-state index in [0.29, 0.717) is 39.4 Å². The average molecular weight is 346 g/mol. The zero-order valence-corrected chi connectivity index (χ0v) is 13.8. The highest BCUT2D eigenvalue weighted by Crippen LogP contribution is 2.37. The van der Waals surface area contributed by atoms with Crippen molar-refractivity contribution in [1.82, 2.24) is 19.9 Å². The van der Waals surface area contributed by atoms with Gasteiger partial charge in [-0.15, -0.1) is 0 Å². The predicted octanol–water partition coefficient (Wildman–Crippen LogP) is 1.71. The SMILES string of the molecule is COc1ccc2[nH]c(S(=O)Cc3ncc(C)c4c3OCO4)nc2n1. The number of fused-ring (bicyclic) bond motifs is 2. The molecule has 0 fully saturated rings. The van der Waals surface area contributed by atoms with Crippen LogP contribution in [0.25, 0.3) is 11.2 Å². The minimum Gasteiger partial charge on any atom is -0.481 e. The van der Waals surface area contributed by atoms with Crippen LogP contribution in [0.4, 0.5) is 0 Å². The summed E-state index contributed by atoms with van der Waals surface area (Å²) in [5.74, 6) is 1.84. The van der Waals surface area contributed by atoms with Gasteiger partial charge in [-0.2, -0.15) is 4.98 Å². The molecule has 3 aromatic heterocycles. The number of nitrogens with one attached hydrogen (secondary N) is 1. The highest BCUT2D eigenvalue weighted by Gasteiger charge is 2.23. The number of rotatable bonds is 4. The summed E-state index contributed by atoms with van der Waals surface area (Å²) >= 11 is 0. The molecular formula is C15H14N4O4S. The van der Waals surface area contributed by atoms with Gasteiger partial charge in [0.15, 0.2) is 22.3 Å². The van der Waals surface area contributed by atoms with E-state index in [1.807, 2.05) is 6.92 Å². The maximum atomic E-state index is 12.6. The molecule has 124 valence electrons. The Morgan fingerprint density at radius 1 is 1.29 bits per heavy atom. The number of methoxy groups -OCH3 is 1. The summed E-state index contributed by atoms with van der Waals surface area (Å²) in [5.41, 5.74) is 2.62. The van der Waals surface area contributed by atoms with E-state index in [1.165, 1.54) is 7.11 Å². The van der Waals surface area contributed by atoms with Crippen molar-refractivity contribution in [3.8, 4) is 17.4 Å². The van der Waals surface area contributed by atoms with Crippen molar-refractivity contribution < 1.29 is 18.4 Å². The van der Waals surface area contributed by atoms with E-state index in [1.54, 1.807) is 18.3 Å². The summed E-state index contributed by atoms with van der Waals surface area (Å²) in [6.45, 7) is 2.04. The molecule has 4 heterocycles. The maximum absolute atomic E-state index is 12.6. The highest BCUT2D eigenvalue weighted by molar-refractivity contribution is 7.84. The van der Waals surface area contributed by atoms with Gasteiger partial charge >= 0.3 is 0 Å². The van der Waals surface area contributed by atoms with Gasteiger partial charge in [-0.05, 0) is 13.0 Å². The third-order valence-corrected chi connectivity index (χ3v) is 4.80. The lowest BCUT2D eigenvalue weighted by Gasteiger charge is -2.05. The first-order valence-corrected chi connectivity index (χ1v) is 8.51. The number of hydrogen-bond donors (Lipinski definition) is 1. The third-order valence-electron chi connectivity index (χ3n) is 3.64. The molecule has 1 N–H and O–H groups in total. The second-order valence-electron chi connectivity index (χ2n) is 5.21. The van der Waals surface area contributed by atoms with Crippen LogP contribution >= 0.6 is 0 Å². The fourth-order valence-corrected chi connectivity index (χ4v) is 3.45. The molecular weight excluding hydrogens is 332 g/mol. The molecule has 0 bridgehead atoms. The van der Waals surface area contributed by atoms with Crippen molar-refractivity contribution in [2.75, 3.05) is 13.9 Å². The largest absolute Gasteiger partial charge is 0.481 e. The number of H-pyrrole nitrogens is 1. The molecule has 0 spiro atoms. The van der Waals surface area contributed by atoms with Gasteiger partial charge in [0.05, 0.1) is 34.9 Å². The van der Waals surface area contributed by atoms with Crippen LogP contribution in [-0.2, 0) is 16.6 Å². The van der Waals surface area contributed by atoms with Crippen LogP contribution in [0.3, 0.4) is 0 Å². The van der Waals surface area contributed by atoms with Crippen LogP contribution in [0, 0.1) is 6.92 Å². The molecule has 0 amide bonds. The summed E-state index contributed by atoms with van der Waals surface area (Å²) in [5, 5.41) is 0.334. The van der Waals surface area contributed by atoms with Gasteiger partial charge in [-0.25, -0.2) is 4.98 Å². The number of aromatic amines is 1. The summed E-state index contributed by atoms with van der Waals surface area (Å²) in [6.07, 6.45) is 1.69. The van der Waals surface area contributed by atoms with Crippen molar-refractivity contribution in [1.29, 1.82) is 0 Å². The first-order chi connectivity index (χ1) is 11.7. The third kappa shape index (κ3) is 2.46. The van der Waals surface area contributed by atoms with Gasteiger partial charge in [0.2, 0.25) is 12.7 Å². The quantitative estimate of drug-likeness (QED) is 0.767. The van der Waals surface area contributed by atoms with Crippen molar-refractivity contribution in [2.45, 2.75) is 17.8 Å². The monoisotopic (exact) mass is 346 g/mol. The molecule has 1 aliphatic heterocycles. The van der Waals surface area contributed by atoms with Gasteiger partial charge in [0.25, 0.3) is 0 Å². The lowest BCUT2D eigenvalue weighted by atomic mass is 10.2. The second kappa shape index (κ2) is 5.75. The Balaban J connectivity index is 1.64. The molecule has 8 nitrogen and oxygen atoms in total. The van der Waals surface area contributed by atoms with Gasteiger partial charge in [0.1, 0.15) is 0 Å². The minimum atomic E-state index is -1.42. The van der Waals surface area contributed by atoms with E-state index in [-0.39, 0.29) is 12.5 Å². The Labute approximate surface area is 139 Å². The van der Waals surface area contributed by atoms with E-state index in [4.69, 9.17) is 14.2 Å². The molecule has 0 radical (unpaired) electrons. The molecule has 4 rings (SSSR count). The van der Waals surface area contributed by atoms with Gasteiger partial charge in [-0.3, -0.25) is 9.19 Å². The van der Waals surface area contributed by atoms with E-state index >= 15 is 0 Å². The Hall–Kier alpha value is -2.68. The predicted molar refractivity (Wildman–Crippen MR) is 85.7 cm³/mol. The Morgan fingerprint density at radius 2 is 2.12 bits per heavy atom. The van der Waals surface area contributed by atoms with Crippen molar-refractivity contribution in [3.63, 3.8) is 0 Å². The Bertz CT molecular complexity index is 956. The fourth-order valence-electron chi connectivity index (χ4n) is 2.45. The molecule has 3 aromatic rings. The van der Waals surface area contributed by atoms with E-state index in [9.17, 15) is 4.21 Å². The Morgan fingerprint density at radius 3 is 2.96 bits per heavy atom. The van der Waals surface area contributed by atoms with Crippen LogP contribution in [0.15, 0.2) is 23.5 Å². The van der Waals surface area contributed by atoms with Gasteiger partial charge in [0, 0.05) is 17.8 Å². The summed E-state index contributed by atoms with van der Waals surface area (Å²) < 4.78 is 28.6. The van der Waals surface area contributed by atoms with Crippen LogP contribution < -0.4 is 14.2 Å². The minimum absolute atomic E-state index is 0.149. The maximum Gasteiger partial charge on any atom is 0.231 e. The fraction of sp³-hybridized carbons (Fsp3) is 0.267. The second-order valence-corrected chi connectivity index (χ2v) is 6.58. The number of aromatic nitrogens is 4. The molecule has 1 atom stereocenters. The van der Waals surface area contributed by atoms with Gasteiger partial charge in [-0.1, -0.05) is 0 Å². The summed E-state index contributed by atoms with van der Waals surface area (Å²) in [6, 6.07) is 3.50. The van der Waals surface area contributed by atoms with Crippen molar-refractivity contribution >= 4 is 22.0 Å². The first-order valence-electron chi connectivity index (χ1n) is 7.19. The van der Waals surface area contributed by atoms with Gasteiger partial charge < -0.3 is 19.2 Å². The summed E-state index contributed by atoms with van der Waals surface area (Å²) in [7, 11) is 0.113. The number of aryl methyl sites for hydroxylation is 1. The first kappa shape index (κ1) is 14.9. The molecule has 0 aliphatic carbocycles. The van der Waals surface area contributed by atoms with Crippen LogP contribution in [0.1, 0.15) is 11.3 Å². The van der Waals surface area contributed by atoms with Crippen LogP contribution in [-0.4, -0.2) is 38.0 Å². The zero-order chi connectivity index (χ0) is 16.7. The molecule has 0 aromatic carbocycles. The molecule has 1 aliphatic rings.